The van der Waals surface area contributed by atoms with Crippen LogP contribution in [-0.2, 0) is 0 Å². The summed E-state index contributed by atoms with van der Waals surface area (Å²) in [5.74, 6) is 1.73. The molecule has 2 saturated heterocycles. The predicted octanol–water partition coefficient (Wildman–Crippen LogP) is 0.478. The molecule has 2 heterocycles. The smallest absolute Gasteiger partial charge is 0.0195 e. The molecule has 3 nitrogen and oxygen atoms in total. The molecule has 2 aliphatic heterocycles. The fourth-order valence-corrected chi connectivity index (χ4v) is 2.86. The molecule has 0 aromatic rings. The van der Waals surface area contributed by atoms with Crippen molar-refractivity contribution in [2.75, 3.05) is 46.3 Å². The van der Waals surface area contributed by atoms with Crippen molar-refractivity contribution >= 4 is 0 Å². The molecular formula is C12H25N3. The van der Waals surface area contributed by atoms with Crippen molar-refractivity contribution in [3.05, 3.63) is 0 Å². The van der Waals surface area contributed by atoms with E-state index in [1.165, 1.54) is 39.3 Å². The zero-order valence-electron chi connectivity index (χ0n) is 10.4. The lowest BCUT2D eigenvalue weighted by molar-refractivity contribution is 0.0820. The highest BCUT2D eigenvalue weighted by atomic mass is 15.3. The van der Waals surface area contributed by atoms with Crippen LogP contribution in [-0.4, -0.2) is 62.2 Å². The van der Waals surface area contributed by atoms with E-state index in [0.717, 1.165) is 17.9 Å². The van der Waals surface area contributed by atoms with Crippen molar-refractivity contribution in [1.29, 1.82) is 0 Å². The lowest BCUT2D eigenvalue weighted by Gasteiger charge is -2.39. The second-order valence-corrected chi connectivity index (χ2v) is 5.50. The number of hydrogen-bond acceptors (Lipinski definition) is 3. The SMILES string of the molecule is CC1CN(C)CCN1C[C@@H]1CNC[C@H]1C. The Bertz CT molecular complexity index is 207. The Hall–Kier alpha value is -0.120. The zero-order chi connectivity index (χ0) is 10.8. The average molecular weight is 211 g/mol. The minimum Gasteiger partial charge on any atom is -0.316 e. The standard InChI is InChI=1S/C12H25N3/c1-10-6-13-7-12(10)9-15-5-4-14(3)8-11(15)2/h10-13H,4-9H2,1-3H3/t10-,11?,12+/m1/s1. The molecule has 0 saturated carbocycles. The van der Waals surface area contributed by atoms with E-state index in [1.807, 2.05) is 0 Å². The van der Waals surface area contributed by atoms with Gasteiger partial charge in [-0.1, -0.05) is 6.92 Å². The summed E-state index contributed by atoms with van der Waals surface area (Å²) in [7, 11) is 2.23. The van der Waals surface area contributed by atoms with Crippen LogP contribution in [0.25, 0.3) is 0 Å². The maximum absolute atomic E-state index is 3.50. The number of piperazine rings is 1. The fraction of sp³-hybridized carbons (Fsp3) is 1.00. The summed E-state index contributed by atoms with van der Waals surface area (Å²) in [6.07, 6.45) is 0. The summed E-state index contributed by atoms with van der Waals surface area (Å²) in [5, 5.41) is 3.50. The van der Waals surface area contributed by atoms with Crippen LogP contribution in [0.5, 0.6) is 0 Å². The molecule has 3 atom stereocenters. The Morgan fingerprint density at radius 3 is 2.60 bits per heavy atom. The van der Waals surface area contributed by atoms with E-state index in [4.69, 9.17) is 0 Å². The van der Waals surface area contributed by atoms with Gasteiger partial charge in [0.15, 0.2) is 0 Å². The summed E-state index contributed by atoms with van der Waals surface area (Å²) in [6, 6.07) is 0.733. The fourth-order valence-electron chi connectivity index (χ4n) is 2.86. The Kier molecular flexibility index (Phi) is 3.65. The first-order chi connectivity index (χ1) is 7.16. The number of nitrogens with zero attached hydrogens (tertiary/aromatic N) is 2. The second-order valence-electron chi connectivity index (χ2n) is 5.50. The van der Waals surface area contributed by atoms with Crippen molar-refractivity contribution in [2.45, 2.75) is 19.9 Å². The van der Waals surface area contributed by atoms with Gasteiger partial charge in [0.2, 0.25) is 0 Å². The van der Waals surface area contributed by atoms with E-state index in [-0.39, 0.29) is 0 Å². The number of hydrogen-bond donors (Lipinski definition) is 1. The van der Waals surface area contributed by atoms with E-state index in [9.17, 15) is 0 Å². The third kappa shape index (κ3) is 2.71. The molecule has 0 aliphatic carbocycles. The molecule has 1 N–H and O–H groups in total. The van der Waals surface area contributed by atoms with Crippen LogP contribution >= 0.6 is 0 Å². The van der Waals surface area contributed by atoms with Gasteiger partial charge in [-0.3, -0.25) is 4.90 Å². The molecule has 88 valence electrons. The third-order valence-electron chi connectivity index (χ3n) is 4.11. The van der Waals surface area contributed by atoms with Crippen molar-refractivity contribution in [1.82, 2.24) is 15.1 Å². The molecule has 3 heteroatoms. The zero-order valence-corrected chi connectivity index (χ0v) is 10.4. The molecule has 1 unspecified atom stereocenters. The van der Waals surface area contributed by atoms with Crippen molar-refractivity contribution in [3.8, 4) is 0 Å². The van der Waals surface area contributed by atoms with Gasteiger partial charge in [-0.15, -0.1) is 0 Å². The Balaban J connectivity index is 1.83. The van der Waals surface area contributed by atoms with Crippen LogP contribution in [0.2, 0.25) is 0 Å². The normalized spacial score (nSPS) is 39.8. The van der Waals surface area contributed by atoms with Crippen LogP contribution in [0, 0.1) is 11.8 Å². The van der Waals surface area contributed by atoms with Gasteiger partial charge in [0.25, 0.3) is 0 Å². The van der Waals surface area contributed by atoms with Crippen molar-refractivity contribution < 1.29 is 0 Å². The van der Waals surface area contributed by atoms with Gasteiger partial charge in [-0.2, -0.15) is 0 Å². The van der Waals surface area contributed by atoms with Gasteiger partial charge >= 0.3 is 0 Å². The quantitative estimate of drug-likeness (QED) is 0.717. The summed E-state index contributed by atoms with van der Waals surface area (Å²) in [4.78, 5) is 5.12. The first-order valence-electron chi connectivity index (χ1n) is 6.30. The first kappa shape index (κ1) is 11.4. The van der Waals surface area contributed by atoms with Crippen LogP contribution in [0.15, 0.2) is 0 Å². The maximum Gasteiger partial charge on any atom is 0.0195 e. The van der Waals surface area contributed by atoms with E-state index < -0.39 is 0 Å². The number of nitrogens with one attached hydrogen (secondary N) is 1. The molecule has 0 aromatic heterocycles. The van der Waals surface area contributed by atoms with Gasteiger partial charge in [0, 0.05) is 32.2 Å². The van der Waals surface area contributed by atoms with Crippen LogP contribution in [0.4, 0.5) is 0 Å². The maximum atomic E-state index is 3.50. The lowest BCUT2D eigenvalue weighted by atomic mass is 9.96. The Morgan fingerprint density at radius 1 is 1.20 bits per heavy atom. The van der Waals surface area contributed by atoms with Crippen LogP contribution in [0.1, 0.15) is 13.8 Å². The molecule has 0 spiro atoms. The molecule has 2 aliphatic rings. The summed E-state index contributed by atoms with van der Waals surface area (Å²) in [6.45, 7) is 12.2. The summed E-state index contributed by atoms with van der Waals surface area (Å²) >= 11 is 0. The minimum atomic E-state index is 0.733. The van der Waals surface area contributed by atoms with Crippen molar-refractivity contribution in [3.63, 3.8) is 0 Å². The molecule has 0 aromatic carbocycles. The molecule has 2 rings (SSSR count). The second kappa shape index (κ2) is 4.81. The van der Waals surface area contributed by atoms with Gasteiger partial charge < -0.3 is 10.2 Å². The highest BCUT2D eigenvalue weighted by molar-refractivity contribution is 4.84. The molecule has 2 fully saturated rings. The molecular weight excluding hydrogens is 186 g/mol. The molecule has 0 radical (unpaired) electrons. The predicted molar refractivity (Wildman–Crippen MR) is 64.1 cm³/mol. The Labute approximate surface area is 93.8 Å². The minimum absolute atomic E-state index is 0.733. The van der Waals surface area contributed by atoms with Crippen molar-refractivity contribution in [2.24, 2.45) is 11.8 Å². The summed E-state index contributed by atoms with van der Waals surface area (Å²) in [5.41, 5.74) is 0. The highest BCUT2D eigenvalue weighted by Gasteiger charge is 2.28. The first-order valence-corrected chi connectivity index (χ1v) is 6.30. The monoisotopic (exact) mass is 211 g/mol. The van der Waals surface area contributed by atoms with E-state index in [0.29, 0.717) is 0 Å². The third-order valence-corrected chi connectivity index (χ3v) is 4.11. The molecule has 0 bridgehead atoms. The van der Waals surface area contributed by atoms with Gasteiger partial charge in [-0.25, -0.2) is 0 Å². The topological polar surface area (TPSA) is 18.5 Å². The largest absolute Gasteiger partial charge is 0.316 e. The summed E-state index contributed by atoms with van der Waals surface area (Å²) < 4.78 is 0. The van der Waals surface area contributed by atoms with E-state index in [1.54, 1.807) is 0 Å². The number of rotatable bonds is 2. The van der Waals surface area contributed by atoms with Gasteiger partial charge in [0.1, 0.15) is 0 Å². The van der Waals surface area contributed by atoms with Gasteiger partial charge in [-0.05, 0) is 38.9 Å². The molecule has 15 heavy (non-hydrogen) atoms. The number of likely N-dealkylation sites (N-methyl/N-ethyl adjacent to an activating group) is 1. The van der Waals surface area contributed by atoms with E-state index in [2.05, 4.69) is 36.0 Å². The average Bonchev–Trinajstić information content (AvgIpc) is 2.57. The molecule has 0 amide bonds. The van der Waals surface area contributed by atoms with Crippen LogP contribution in [0.3, 0.4) is 0 Å². The van der Waals surface area contributed by atoms with E-state index >= 15 is 0 Å². The lowest BCUT2D eigenvalue weighted by Crippen LogP contribution is -2.52. The van der Waals surface area contributed by atoms with Crippen LogP contribution < -0.4 is 5.32 Å². The Morgan fingerprint density at radius 2 is 2.00 bits per heavy atom. The highest BCUT2D eigenvalue weighted by Crippen LogP contribution is 2.19. The van der Waals surface area contributed by atoms with Gasteiger partial charge in [0.05, 0.1) is 0 Å².